The fourth-order valence-corrected chi connectivity index (χ4v) is 3.59. The zero-order valence-corrected chi connectivity index (χ0v) is 18.7. The highest BCUT2D eigenvalue weighted by atomic mass is 31.2. The summed E-state index contributed by atoms with van der Waals surface area (Å²) in [5.41, 5.74) is 0. The van der Waals surface area contributed by atoms with Crippen LogP contribution >= 0.6 is 7.82 Å². The van der Waals surface area contributed by atoms with Gasteiger partial charge in [0.2, 0.25) is 0 Å². The molecular weight excluding hydrogens is 379 g/mol. The first-order chi connectivity index (χ1) is 13.5. The van der Waals surface area contributed by atoms with Gasteiger partial charge in [-0.05, 0) is 32.1 Å². The first kappa shape index (κ1) is 27.8. The van der Waals surface area contributed by atoms with Gasteiger partial charge in [-0.25, -0.2) is 4.57 Å². The summed E-state index contributed by atoms with van der Waals surface area (Å²) in [7, 11) is -4.13. The van der Waals surface area contributed by atoms with Gasteiger partial charge in [-0.1, -0.05) is 76.9 Å². The van der Waals surface area contributed by atoms with Crippen LogP contribution in [0.15, 0.2) is 12.2 Å². The third-order valence-corrected chi connectivity index (χ3v) is 5.54. The molecule has 0 fully saturated rings. The number of rotatable bonds is 21. The molecule has 2 unspecified atom stereocenters. The van der Waals surface area contributed by atoms with Crippen molar-refractivity contribution in [2.75, 3.05) is 19.8 Å². The van der Waals surface area contributed by atoms with Gasteiger partial charge < -0.3 is 15.1 Å². The number of unbranched alkanes of at least 4 members (excludes halogenated alkanes) is 12. The summed E-state index contributed by atoms with van der Waals surface area (Å²) < 4.78 is 20.9. The van der Waals surface area contributed by atoms with Crippen LogP contribution < -0.4 is 0 Å². The van der Waals surface area contributed by atoms with Crippen molar-refractivity contribution in [3.8, 4) is 0 Å². The van der Waals surface area contributed by atoms with Crippen LogP contribution in [0.1, 0.15) is 96.8 Å². The molecule has 0 aromatic heterocycles. The molecule has 0 aromatic carbocycles. The van der Waals surface area contributed by atoms with Gasteiger partial charge in [0.15, 0.2) is 0 Å². The van der Waals surface area contributed by atoms with E-state index >= 15 is 0 Å². The van der Waals surface area contributed by atoms with Crippen LogP contribution in [-0.4, -0.2) is 41.0 Å². The Hall–Kier alpha value is -0.230. The molecule has 0 aromatic rings. The molecule has 0 heterocycles. The highest BCUT2D eigenvalue weighted by Gasteiger charge is 2.22. The molecule has 0 saturated carbocycles. The van der Waals surface area contributed by atoms with Crippen molar-refractivity contribution in [1.29, 1.82) is 0 Å². The minimum Gasteiger partial charge on any atom is -0.394 e. The smallest absolute Gasteiger partial charge is 0.394 e. The van der Waals surface area contributed by atoms with Gasteiger partial charge in [0.05, 0.1) is 19.8 Å². The predicted molar refractivity (Wildman–Crippen MR) is 114 cm³/mol. The Morgan fingerprint density at radius 3 is 1.86 bits per heavy atom. The van der Waals surface area contributed by atoms with E-state index in [9.17, 15) is 9.46 Å². The second kappa shape index (κ2) is 20.1. The molecule has 0 aliphatic carbocycles. The third-order valence-electron chi connectivity index (χ3n) is 4.55. The summed E-state index contributed by atoms with van der Waals surface area (Å²) in [6.07, 6.45) is 20.3. The lowest BCUT2D eigenvalue weighted by Gasteiger charge is -2.13. The maximum atomic E-state index is 11.5. The van der Waals surface area contributed by atoms with Crippen LogP contribution in [0.25, 0.3) is 0 Å². The maximum Gasteiger partial charge on any atom is 0.472 e. The number of aliphatic hydroxyl groups is 2. The van der Waals surface area contributed by atoms with Crippen molar-refractivity contribution in [3.05, 3.63) is 12.2 Å². The van der Waals surface area contributed by atoms with Crippen molar-refractivity contribution in [2.24, 2.45) is 0 Å². The Bertz CT molecular complexity index is 402. The molecule has 0 aliphatic rings. The lowest BCUT2D eigenvalue weighted by Crippen LogP contribution is -2.18. The van der Waals surface area contributed by atoms with Gasteiger partial charge in [0, 0.05) is 0 Å². The minimum absolute atomic E-state index is 0.157. The fraction of sp³-hybridized carbons (Fsp3) is 0.905. The fourth-order valence-electron chi connectivity index (χ4n) is 2.80. The summed E-state index contributed by atoms with van der Waals surface area (Å²) in [4.78, 5) is 9.40. The Morgan fingerprint density at radius 1 is 0.821 bits per heavy atom. The van der Waals surface area contributed by atoms with Crippen LogP contribution in [0.2, 0.25) is 0 Å². The third kappa shape index (κ3) is 20.5. The topological polar surface area (TPSA) is 96.2 Å². The molecule has 0 spiro atoms. The SMILES string of the molecule is CCCCCCCC/C=C\CCCCCCCCOP(=O)(O)OCC(O)CO. The summed E-state index contributed by atoms with van der Waals surface area (Å²) in [6, 6.07) is 0. The van der Waals surface area contributed by atoms with E-state index in [2.05, 4.69) is 23.6 Å². The van der Waals surface area contributed by atoms with Gasteiger partial charge >= 0.3 is 7.82 Å². The summed E-state index contributed by atoms with van der Waals surface area (Å²) in [6.45, 7) is 1.47. The standard InChI is InChI=1S/C21H43O6P/c1-2-3-4-5-6-7-8-9-10-11-12-13-14-15-16-17-18-26-28(24,25)27-20-21(23)19-22/h9-10,21-23H,2-8,11-20H2,1H3,(H,24,25)/b10-9-. The highest BCUT2D eigenvalue weighted by Crippen LogP contribution is 2.43. The zero-order valence-electron chi connectivity index (χ0n) is 17.8. The average Bonchev–Trinajstić information content (AvgIpc) is 2.68. The van der Waals surface area contributed by atoms with E-state index in [0.29, 0.717) is 6.42 Å². The lowest BCUT2D eigenvalue weighted by molar-refractivity contribution is 0.0361. The Labute approximate surface area is 172 Å². The number of hydrogen-bond acceptors (Lipinski definition) is 5. The zero-order chi connectivity index (χ0) is 20.9. The number of allylic oxidation sites excluding steroid dienone is 2. The average molecular weight is 423 g/mol. The summed E-state index contributed by atoms with van der Waals surface area (Å²) in [5, 5.41) is 17.7. The molecule has 0 aliphatic heterocycles. The van der Waals surface area contributed by atoms with E-state index < -0.39 is 27.1 Å². The molecule has 28 heavy (non-hydrogen) atoms. The largest absolute Gasteiger partial charge is 0.472 e. The van der Waals surface area contributed by atoms with E-state index in [-0.39, 0.29) is 6.61 Å². The van der Waals surface area contributed by atoms with Crippen LogP contribution in [0.5, 0.6) is 0 Å². The molecule has 0 bridgehead atoms. The summed E-state index contributed by atoms with van der Waals surface area (Å²) in [5.74, 6) is 0. The molecule has 0 amide bonds. The number of aliphatic hydroxyl groups excluding tert-OH is 2. The van der Waals surface area contributed by atoms with Crippen LogP contribution in [0.3, 0.4) is 0 Å². The van der Waals surface area contributed by atoms with Crippen LogP contribution in [-0.2, 0) is 13.6 Å². The lowest BCUT2D eigenvalue weighted by atomic mass is 10.1. The van der Waals surface area contributed by atoms with Crippen molar-refractivity contribution >= 4 is 7.82 Å². The van der Waals surface area contributed by atoms with Crippen molar-refractivity contribution in [1.82, 2.24) is 0 Å². The number of phosphoric ester groups is 1. The van der Waals surface area contributed by atoms with Gasteiger partial charge in [-0.3, -0.25) is 9.05 Å². The molecule has 0 saturated heterocycles. The van der Waals surface area contributed by atoms with Gasteiger partial charge in [-0.2, -0.15) is 0 Å². The van der Waals surface area contributed by atoms with E-state index in [4.69, 9.17) is 14.7 Å². The van der Waals surface area contributed by atoms with Gasteiger partial charge in [0.1, 0.15) is 6.10 Å². The molecule has 3 N–H and O–H groups in total. The van der Waals surface area contributed by atoms with Gasteiger partial charge in [-0.15, -0.1) is 0 Å². The molecule has 6 nitrogen and oxygen atoms in total. The van der Waals surface area contributed by atoms with Crippen molar-refractivity contribution in [2.45, 2.75) is 103 Å². The molecular formula is C21H43O6P. The van der Waals surface area contributed by atoms with Gasteiger partial charge in [0.25, 0.3) is 0 Å². The van der Waals surface area contributed by atoms with E-state index in [1.165, 1.54) is 64.2 Å². The summed E-state index contributed by atoms with van der Waals surface area (Å²) >= 11 is 0. The molecule has 0 rings (SSSR count). The minimum atomic E-state index is -4.13. The second-order valence-corrected chi connectivity index (χ2v) is 8.83. The van der Waals surface area contributed by atoms with Crippen molar-refractivity contribution in [3.63, 3.8) is 0 Å². The predicted octanol–water partition coefficient (Wildman–Crippen LogP) is 5.51. The highest BCUT2D eigenvalue weighted by molar-refractivity contribution is 7.47. The second-order valence-electron chi connectivity index (χ2n) is 7.37. The van der Waals surface area contributed by atoms with Crippen molar-refractivity contribution < 1.29 is 28.7 Å². The Kier molecular flexibility index (Phi) is 19.9. The quantitative estimate of drug-likeness (QED) is 0.128. The van der Waals surface area contributed by atoms with E-state index in [1.807, 2.05) is 0 Å². The Balaban J connectivity index is 3.33. The van der Waals surface area contributed by atoms with Crippen LogP contribution in [0.4, 0.5) is 0 Å². The molecule has 7 heteroatoms. The van der Waals surface area contributed by atoms with E-state index in [1.54, 1.807) is 0 Å². The van der Waals surface area contributed by atoms with Crippen LogP contribution in [0, 0.1) is 0 Å². The first-order valence-electron chi connectivity index (χ1n) is 11.1. The maximum absolute atomic E-state index is 11.5. The number of hydrogen-bond donors (Lipinski definition) is 3. The monoisotopic (exact) mass is 422 g/mol. The first-order valence-corrected chi connectivity index (χ1v) is 12.6. The molecule has 2 atom stereocenters. The number of phosphoric acid groups is 1. The molecule has 0 radical (unpaired) electrons. The normalized spacial score (nSPS) is 15.1. The molecule has 168 valence electrons. The van der Waals surface area contributed by atoms with E-state index in [0.717, 1.165) is 19.3 Å². The Morgan fingerprint density at radius 2 is 1.32 bits per heavy atom.